The molecule has 0 heterocycles. The summed E-state index contributed by atoms with van der Waals surface area (Å²) in [5, 5.41) is 0. The van der Waals surface area contributed by atoms with Crippen molar-refractivity contribution in [1.29, 1.82) is 0 Å². The van der Waals surface area contributed by atoms with Crippen molar-refractivity contribution in [2.24, 2.45) is 0 Å². The van der Waals surface area contributed by atoms with Crippen LogP contribution in [0.15, 0.2) is 0 Å². The van der Waals surface area contributed by atoms with Crippen LogP contribution < -0.4 is 0 Å². The number of hydrogen-bond donors (Lipinski definition) is 1. The minimum absolute atomic E-state index is 0.287. The third-order valence-corrected chi connectivity index (χ3v) is 2.57. The Labute approximate surface area is 77.5 Å². The van der Waals surface area contributed by atoms with E-state index in [9.17, 15) is 8.96 Å². The fourth-order valence-corrected chi connectivity index (χ4v) is 1.58. The van der Waals surface area contributed by atoms with Gasteiger partial charge in [-0.1, -0.05) is 0 Å². The molecule has 4 nitrogen and oxygen atoms in total. The Morgan fingerprint density at radius 1 is 1.38 bits per heavy atom. The maximum Gasteiger partial charge on any atom is 0.235 e. The van der Waals surface area contributed by atoms with E-state index >= 15 is 0 Å². The maximum atomic E-state index is 12.0. The lowest BCUT2D eigenvalue weighted by molar-refractivity contribution is -0.121. The van der Waals surface area contributed by atoms with Crippen LogP contribution in [-0.4, -0.2) is 37.0 Å². The molecule has 0 aromatic carbocycles. The molecule has 0 bridgehead atoms. The first-order chi connectivity index (χ1) is 6.05. The third kappa shape index (κ3) is 6.16. The molecule has 1 N–H and O–H groups in total. The molecule has 0 aliphatic rings. The topological polar surface area (TPSA) is 55.8 Å². The van der Waals surface area contributed by atoms with E-state index < -0.39 is 20.1 Å². The predicted molar refractivity (Wildman–Crippen MR) is 47.7 cm³/mol. The smallest absolute Gasteiger partial charge is 0.235 e. The first-order valence-corrected chi connectivity index (χ1v) is 6.18. The molecule has 80 valence electrons. The molecule has 0 aromatic heterocycles. The summed E-state index contributed by atoms with van der Waals surface area (Å²) in [5.41, 5.74) is 0. The summed E-state index contributed by atoms with van der Waals surface area (Å²) in [7, 11) is -3.71. The lowest BCUT2D eigenvalue weighted by Gasteiger charge is -2.18. The van der Waals surface area contributed by atoms with Crippen molar-refractivity contribution in [3.05, 3.63) is 0 Å². The Morgan fingerprint density at radius 3 is 2.15 bits per heavy atom. The van der Waals surface area contributed by atoms with E-state index in [-0.39, 0.29) is 6.16 Å². The van der Waals surface area contributed by atoms with Gasteiger partial charge in [0.1, 0.15) is 0 Å². The minimum atomic E-state index is -3.71. The Hall–Kier alpha value is 0.0400. The van der Waals surface area contributed by atoms with Crippen LogP contribution in [0.25, 0.3) is 0 Å². The molecular weight excluding hydrogens is 198 g/mol. The molecule has 13 heavy (non-hydrogen) atoms. The van der Waals surface area contributed by atoms with E-state index in [1.165, 1.54) is 0 Å². The molecule has 1 atom stereocenters. The number of alkyl halides is 1. The van der Waals surface area contributed by atoms with Gasteiger partial charge in [-0.05, 0) is 13.8 Å². The normalized spacial score (nSPS) is 16.1. The third-order valence-electron chi connectivity index (χ3n) is 1.33. The van der Waals surface area contributed by atoms with E-state index in [2.05, 4.69) is 0 Å². The quantitative estimate of drug-likeness (QED) is 0.516. The van der Waals surface area contributed by atoms with Gasteiger partial charge < -0.3 is 14.4 Å². The van der Waals surface area contributed by atoms with Gasteiger partial charge >= 0.3 is 0 Å². The molecule has 0 aliphatic carbocycles. The van der Waals surface area contributed by atoms with E-state index in [4.69, 9.17) is 14.4 Å². The van der Waals surface area contributed by atoms with Crippen LogP contribution in [0.4, 0.5) is 4.39 Å². The minimum Gasteiger partial charge on any atom is -0.352 e. The molecule has 6 heteroatoms. The Kier molecular flexibility index (Phi) is 6.51. The van der Waals surface area contributed by atoms with E-state index in [1.807, 2.05) is 0 Å². The van der Waals surface area contributed by atoms with Gasteiger partial charge in [0.2, 0.25) is 7.37 Å². The molecule has 0 saturated carbocycles. The fraction of sp³-hybridized carbons (Fsp3) is 1.00. The monoisotopic (exact) mass is 214 g/mol. The van der Waals surface area contributed by atoms with Gasteiger partial charge in [0.25, 0.3) is 0 Å². The van der Waals surface area contributed by atoms with E-state index in [0.29, 0.717) is 13.2 Å². The molecule has 0 rings (SSSR count). The second-order valence-electron chi connectivity index (χ2n) is 2.49. The average Bonchev–Trinajstić information content (AvgIpc) is 2.05. The zero-order valence-electron chi connectivity index (χ0n) is 7.90. The van der Waals surface area contributed by atoms with Crippen molar-refractivity contribution >= 4 is 7.37 Å². The number of rotatable bonds is 7. The Morgan fingerprint density at radius 2 is 1.85 bits per heavy atom. The van der Waals surface area contributed by atoms with Crippen molar-refractivity contribution in [2.75, 3.05) is 25.8 Å². The van der Waals surface area contributed by atoms with E-state index in [0.717, 1.165) is 0 Å². The molecule has 0 amide bonds. The van der Waals surface area contributed by atoms with Crippen LogP contribution in [-0.2, 0) is 14.0 Å². The van der Waals surface area contributed by atoms with Gasteiger partial charge in [0, 0.05) is 13.2 Å². The molecule has 0 aromatic rings. The summed E-state index contributed by atoms with van der Waals surface area (Å²) in [6.45, 7) is 4.22. The molecule has 0 saturated heterocycles. The maximum absolute atomic E-state index is 12.0. The molecule has 0 spiro atoms. The van der Waals surface area contributed by atoms with Gasteiger partial charge in [-0.3, -0.25) is 4.57 Å². The van der Waals surface area contributed by atoms with Crippen molar-refractivity contribution in [1.82, 2.24) is 0 Å². The molecule has 0 fully saturated rings. The highest BCUT2D eigenvalue weighted by atomic mass is 31.2. The predicted octanol–water partition coefficient (Wildman–Crippen LogP) is 1.58. The summed E-state index contributed by atoms with van der Waals surface area (Å²) in [6.07, 6.45) is -2.30. The van der Waals surface area contributed by atoms with E-state index in [1.54, 1.807) is 13.8 Å². The van der Waals surface area contributed by atoms with Gasteiger partial charge in [0.15, 0.2) is 12.7 Å². The number of ether oxygens (including phenoxy) is 2. The highest BCUT2D eigenvalue weighted by molar-refractivity contribution is 7.57. The largest absolute Gasteiger partial charge is 0.352 e. The Balaban J connectivity index is 4.00. The molecular formula is C7H16FO4P. The average molecular weight is 214 g/mol. The highest BCUT2D eigenvalue weighted by Gasteiger charge is 2.24. The number of hydrogen-bond acceptors (Lipinski definition) is 3. The van der Waals surface area contributed by atoms with Crippen LogP contribution in [0.3, 0.4) is 0 Å². The molecule has 0 radical (unpaired) electrons. The van der Waals surface area contributed by atoms with Crippen molar-refractivity contribution in [2.45, 2.75) is 20.1 Å². The van der Waals surface area contributed by atoms with Crippen LogP contribution in [0, 0.1) is 0 Å². The SMILES string of the molecule is CCOC(CP(=O)(O)CF)OCC. The standard InChI is InChI=1S/C7H16FO4P/c1-3-11-7(12-4-2)5-13(9,10)6-8/h7H,3-6H2,1-2H3,(H,9,10). The summed E-state index contributed by atoms with van der Waals surface area (Å²) in [4.78, 5) is 8.97. The number of halogens is 1. The van der Waals surface area contributed by atoms with Crippen LogP contribution in [0.2, 0.25) is 0 Å². The summed E-state index contributed by atoms with van der Waals surface area (Å²) in [5.74, 6) is 0. The second-order valence-corrected chi connectivity index (χ2v) is 4.79. The van der Waals surface area contributed by atoms with Gasteiger partial charge in [-0.2, -0.15) is 0 Å². The molecule has 1 unspecified atom stereocenters. The summed E-state index contributed by atoms with van der Waals surface area (Å²) < 4.78 is 32.9. The lowest BCUT2D eigenvalue weighted by Crippen LogP contribution is -2.22. The van der Waals surface area contributed by atoms with Crippen molar-refractivity contribution < 1.29 is 23.3 Å². The van der Waals surface area contributed by atoms with Crippen molar-refractivity contribution in [3.8, 4) is 0 Å². The first kappa shape index (κ1) is 13.0. The first-order valence-electron chi connectivity index (χ1n) is 4.15. The van der Waals surface area contributed by atoms with Crippen molar-refractivity contribution in [3.63, 3.8) is 0 Å². The molecule has 0 aliphatic heterocycles. The fourth-order valence-electron chi connectivity index (χ4n) is 0.807. The zero-order chi connectivity index (χ0) is 10.3. The van der Waals surface area contributed by atoms with Crippen LogP contribution in [0.1, 0.15) is 13.8 Å². The zero-order valence-corrected chi connectivity index (χ0v) is 8.80. The summed E-state index contributed by atoms with van der Waals surface area (Å²) >= 11 is 0. The van der Waals surface area contributed by atoms with Crippen LogP contribution >= 0.6 is 7.37 Å². The Bertz CT molecular complexity index is 170. The van der Waals surface area contributed by atoms with Gasteiger partial charge in [-0.25, -0.2) is 4.39 Å². The van der Waals surface area contributed by atoms with Gasteiger partial charge in [-0.15, -0.1) is 0 Å². The highest BCUT2D eigenvalue weighted by Crippen LogP contribution is 2.41. The summed E-state index contributed by atoms with van der Waals surface area (Å²) in [6, 6.07) is 0. The van der Waals surface area contributed by atoms with Gasteiger partial charge in [0.05, 0.1) is 6.16 Å². The second kappa shape index (κ2) is 6.49. The van der Waals surface area contributed by atoms with Crippen LogP contribution in [0.5, 0.6) is 0 Å². The lowest BCUT2D eigenvalue weighted by atomic mass is 10.7.